The Kier molecular flexibility index (Phi) is 5.74. The van der Waals surface area contributed by atoms with E-state index in [2.05, 4.69) is 49.3 Å². The molecule has 0 aliphatic carbocycles. The van der Waals surface area contributed by atoms with Gasteiger partial charge < -0.3 is 15.5 Å². The normalized spacial score (nSPS) is 10.4. The molecular weight excluding hydrogens is 284 g/mol. The number of anilines is 3. The Morgan fingerprint density at radius 2 is 1.81 bits per heavy atom. The summed E-state index contributed by atoms with van der Waals surface area (Å²) in [6.45, 7) is 3.77. The highest BCUT2D eigenvalue weighted by molar-refractivity contribution is 7.07. The minimum atomic E-state index is 0.613. The molecule has 6 nitrogen and oxygen atoms in total. The number of hydrogen-bond acceptors (Lipinski definition) is 7. The molecule has 0 aliphatic rings. The molecule has 2 aromatic rings. The van der Waals surface area contributed by atoms with Crippen LogP contribution in [0.25, 0.3) is 0 Å². The quantitative estimate of drug-likeness (QED) is 0.781. The van der Waals surface area contributed by atoms with Crippen LogP contribution in [-0.2, 0) is 6.42 Å². The first-order valence-electron chi connectivity index (χ1n) is 7.11. The molecular formula is C14H22N6S. The lowest BCUT2D eigenvalue weighted by Gasteiger charge is -2.14. The molecule has 0 aromatic carbocycles. The van der Waals surface area contributed by atoms with E-state index in [1.165, 1.54) is 5.56 Å². The first-order chi connectivity index (χ1) is 10.2. The van der Waals surface area contributed by atoms with E-state index in [4.69, 9.17) is 0 Å². The summed E-state index contributed by atoms with van der Waals surface area (Å²) in [5, 5.41) is 10.7. The van der Waals surface area contributed by atoms with Crippen molar-refractivity contribution in [2.24, 2.45) is 0 Å². The SMILES string of the molecule is CCCNc1nc(NCCc2ccsc2)nc(N(C)C)n1. The Bertz CT molecular complexity index is 540. The molecule has 0 amide bonds. The fourth-order valence-corrected chi connectivity index (χ4v) is 2.42. The van der Waals surface area contributed by atoms with Crippen LogP contribution in [0.2, 0.25) is 0 Å². The van der Waals surface area contributed by atoms with Gasteiger partial charge in [-0.05, 0) is 35.2 Å². The Morgan fingerprint density at radius 3 is 2.38 bits per heavy atom. The van der Waals surface area contributed by atoms with E-state index in [-0.39, 0.29) is 0 Å². The second-order valence-corrected chi connectivity index (χ2v) is 5.69. The fraction of sp³-hybridized carbons (Fsp3) is 0.500. The van der Waals surface area contributed by atoms with Gasteiger partial charge in [0.1, 0.15) is 0 Å². The summed E-state index contributed by atoms with van der Waals surface area (Å²) >= 11 is 1.72. The van der Waals surface area contributed by atoms with Crippen LogP contribution in [0.15, 0.2) is 16.8 Å². The molecule has 2 N–H and O–H groups in total. The standard InChI is InChI=1S/C14H22N6S/c1-4-7-15-12-17-13(19-14(18-12)20(2)3)16-8-5-11-6-9-21-10-11/h6,9-10H,4-5,7-8H2,1-3H3,(H2,15,16,17,18,19). The number of nitrogens with one attached hydrogen (secondary N) is 2. The second-order valence-electron chi connectivity index (χ2n) is 4.91. The van der Waals surface area contributed by atoms with Crippen molar-refractivity contribution >= 4 is 29.2 Å². The predicted molar refractivity (Wildman–Crippen MR) is 89.4 cm³/mol. The molecule has 0 aliphatic heterocycles. The van der Waals surface area contributed by atoms with Crippen molar-refractivity contribution in [2.75, 3.05) is 42.7 Å². The average Bonchev–Trinajstić information content (AvgIpc) is 2.98. The molecule has 114 valence electrons. The summed E-state index contributed by atoms with van der Waals surface area (Å²) in [5.41, 5.74) is 1.33. The lowest BCUT2D eigenvalue weighted by Crippen LogP contribution is -2.18. The molecule has 2 aromatic heterocycles. The molecule has 0 fully saturated rings. The van der Waals surface area contributed by atoms with Crippen molar-refractivity contribution < 1.29 is 0 Å². The fourth-order valence-electron chi connectivity index (χ4n) is 1.71. The first-order valence-corrected chi connectivity index (χ1v) is 8.05. The second kappa shape index (κ2) is 7.78. The number of rotatable bonds is 8. The summed E-state index contributed by atoms with van der Waals surface area (Å²) < 4.78 is 0. The summed E-state index contributed by atoms with van der Waals surface area (Å²) in [4.78, 5) is 15.1. The van der Waals surface area contributed by atoms with Crippen LogP contribution in [0, 0.1) is 0 Å². The highest BCUT2D eigenvalue weighted by atomic mass is 32.1. The van der Waals surface area contributed by atoms with Gasteiger partial charge in [-0.25, -0.2) is 0 Å². The van der Waals surface area contributed by atoms with E-state index in [1.54, 1.807) is 11.3 Å². The molecule has 0 saturated heterocycles. The highest BCUT2D eigenvalue weighted by Crippen LogP contribution is 2.12. The van der Waals surface area contributed by atoms with Crippen molar-refractivity contribution in [1.29, 1.82) is 0 Å². The van der Waals surface area contributed by atoms with Gasteiger partial charge in [0, 0.05) is 27.2 Å². The summed E-state index contributed by atoms with van der Waals surface area (Å²) in [6, 6.07) is 2.14. The van der Waals surface area contributed by atoms with Crippen molar-refractivity contribution in [3.05, 3.63) is 22.4 Å². The van der Waals surface area contributed by atoms with Crippen LogP contribution in [0.4, 0.5) is 17.8 Å². The van der Waals surface area contributed by atoms with Crippen LogP contribution in [-0.4, -0.2) is 42.1 Å². The zero-order valence-corrected chi connectivity index (χ0v) is 13.6. The van der Waals surface area contributed by atoms with Crippen LogP contribution < -0.4 is 15.5 Å². The van der Waals surface area contributed by atoms with E-state index in [9.17, 15) is 0 Å². The average molecular weight is 306 g/mol. The number of thiophene rings is 1. The summed E-state index contributed by atoms with van der Waals surface area (Å²) in [6.07, 6.45) is 1.99. The maximum Gasteiger partial charge on any atom is 0.231 e. The monoisotopic (exact) mass is 306 g/mol. The third-order valence-corrected chi connectivity index (χ3v) is 3.57. The van der Waals surface area contributed by atoms with E-state index in [1.807, 2.05) is 19.0 Å². The molecule has 0 atom stereocenters. The molecule has 21 heavy (non-hydrogen) atoms. The number of hydrogen-bond donors (Lipinski definition) is 2. The molecule has 2 heterocycles. The minimum Gasteiger partial charge on any atom is -0.354 e. The van der Waals surface area contributed by atoms with Gasteiger partial charge in [0.15, 0.2) is 0 Å². The lowest BCUT2D eigenvalue weighted by molar-refractivity contribution is 0.905. The van der Waals surface area contributed by atoms with Crippen LogP contribution in [0.3, 0.4) is 0 Å². The topological polar surface area (TPSA) is 66.0 Å². The predicted octanol–water partition coefficient (Wildman–Crippen LogP) is 2.48. The van der Waals surface area contributed by atoms with Gasteiger partial charge in [0.25, 0.3) is 0 Å². The van der Waals surface area contributed by atoms with Crippen molar-refractivity contribution in [2.45, 2.75) is 19.8 Å². The van der Waals surface area contributed by atoms with Gasteiger partial charge in [0.2, 0.25) is 17.8 Å². The summed E-state index contributed by atoms with van der Waals surface area (Å²) in [7, 11) is 3.85. The van der Waals surface area contributed by atoms with Crippen molar-refractivity contribution in [1.82, 2.24) is 15.0 Å². The van der Waals surface area contributed by atoms with Gasteiger partial charge in [-0.15, -0.1) is 0 Å². The van der Waals surface area contributed by atoms with E-state index in [0.717, 1.165) is 25.9 Å². The van der Waals surface area contributed by atoms with Gasteiger partial charge in [-0.1, -0.05) is 6.92 Å². The van der Waals surface area contributed by atoms with E-state index < -0.39 is 0 Å². The van der Waals surface area contributed by atoms with E-state index >= 15 is 0 Å². The van der Waals surface area contributed by atoms with Gasteiger partial charge in [0.05, 0.1) is 0 Å². The van der Waals surface area contributed by atoms with Crippen molar-refractivity contribution in [3.63, 3.8) is 0 Å². The number of nitrogens with zero attached hydrogens (tertiary/aromatic N) is 4. The van der Waals surface area contributed by atoms with Gasteiger partial charge in [-0.2, -0.15) is 26.3 Å². The highest BCUT2D eigenvalue weighted by Gasteiger charge is 2.07. The molecule has 0 saturated carbocycles. The maximum absolute atomic E-state index is 4.42. The lowest BCUT2D eigenvalue weighted by atomic mass is 10.2. The van der Waals surface area contributed by atoms with Crippen LogP contribution in [0.5, 0.6) is 0 Å². The Morgan fingerprint density at radius 1 is 1.10 bits per heavy atom. The zero-order valence-electron chi connectivity index (χ0n) is 12.8. The smallest absolute Gasteiger partial charge is 0.231 e. The van der Waals surface area contributed by atoms with Crippen LogP contribution in [0.1, 0.15) is 18.9 Å². The number of aromatic nitrogens is 3. The minimum absolute atomic E-state index is 0.613. The van der Waals surface area contributed by atoms with Gasteiger partial charge in [-0.3, -0.25) is 0 Å². The molecule has 2 rings (SSSR count). The van der Waals surface area contributed by atoms with Gasteiger partial charge >= 0.3 is 0 Å². The maximum atomic E-state index is 4.42. The summed E-state index contributed by atoms with van der Waals surface area (Å²) in [5.74, 6) is 1.89. The molecule has 0 bridgehead atoms. The molecule has 7 heteroatoms. The Labute approximate surface area is 129 Å². The Balaban J connectivity index is 2.00. The molecule has 0 unspecified atom stereocenters. The Hall–Kier alpha value is -1.89. The van der Waals surface area contributed by atoms with E-state index in [0.29, 0.717) is 17.8 Å². The first kappa shape index (κ1) is 15.5. The molecule has 0 spiro atoms. The van der Waals surface area contributed by atoms with Crippen LogP contribution >= 0.6 is 11.3 Å². The largest absolute Gasteiger partial charge is 0.354 e. The van der Waals surface area contributed by atoms with Crippen molar-refractivity contribution in [3.8, 4) is 0 Å². The third kappa shape index (κ3) is 4.86. The zero-order chi connectivity index (χ0) is 15.1. The third-order valence-electron chi connectivity index (χ3n) is 2.83. The molecule has 0 radical (unpaired) electrons.